The molecular formula is C9H12N2. The summed E-state index contributed by atoms with van der Waals surface area (Å²) >= 11 is 0. The van der Waals surface area contributed by atoms with Crippen LogP contribution in [0.1, 0.15) is 0 Å². The van der Waals surface area contributed by atoms with Gasteiger partial charge in [0.15, 0.2) is 0 Å². The summed E-state index contributed by atoms with van der Waals surface area (Å²) in [4.78, 5) is 5.89. The average molecular weight is 148 g/mol. The molecule has 11 heavy (non-hydrogen) atoms. The number of aliphatic imine (C=N–C) groups is 1. The number of anilines is 1. The van der Waals surface area contributed by atoms with E-state index in [1.165, 1.54) is 0 Å². The summed E-state index contributed by atoms with van der Waals surface area (Å²) in [6.07, 6.45) is 1.79. The van der Waals surface area contributed by atoms with Crippen molar-refractivity contribution in [3.8, 4) is 0 Å². The Balaban J connectivity index is 2.76. The quantitative estimate of drug-likeness (QED) is 0.461. The summed E-state index contributed by atoms with van der Waals surface area (Å²) in [6, 6.07) is 10.1. The Labute approximate surface area is 67.2 Å². The number of nitrogens with zero attached hydrogens (tertiary/aromatic N) is 2. The molecule has 0 amide bonds. The third-order valence-corrected chi connectivity index (χ3v) is 1.45. The van der Waals surface area contributed by atoms with Crippen molar-refractivity contribution in [1.29, 1.82) is 0 Å². The van der Waals surface area contributed by atoms with Crippen molar-refractivity contribution >= 4 is 12.0 Å². The van der Waals surface area contributed by atoms with Gasteiger partial charge in [0.1, 0.15) is 0 Å². The van der Waals surface area contributed by atoms with Crippen LogP contribution in [0.15, 0.2) is 35.3 Å². The molecule has 0 saturated heterocycles. The molecule has 0 heterocycles. The largest absolute Gasteiger partial charge is 0.336 e. The number of benzene rings is 1. The van der Waals surface area contributed by atoms with Crippen LogP contribution in [0.3, 0.4) is 0 Å². The van der Waals surface area contributed by atoms with Crippen molar-refractivity contribution in [3.05, 3.63) is 30.3 Å². The molecule has 0 atom stereocenters. The zero-order valence-electron chi connectivity index (χ0n) is 6.86. The molecule has 0 aliphatic carbocycles. The lowest BCUT2D eigenvalue weighted by atomic mass is 10.3. The standard InChI is InChI=1S/C9H12N2/c1-10-8-11(2)9-6-4-3-5-7-9/h3-8H,1-2H3/b10-8-. The topological polar surface area (TPSA) is 15.6 Å². The lowest BCUT2D eigenvalue weighted by molar-refractivity contribution is 1.27. The first-order valence-electron chi connectivity index (χ1n) is 3.55. The number of para-hydroxylation sites is 1. The normalized spacial score (nSPS) is 10.4. The maximum absolute atomic E-state index is 3.91. The fourth-order valence-electron chi connectivity index (χ4n) is 0.903. The van der Waals surface area contributed by atoms with Crippen molar-refractivity contribution in [2.75, 3.05) is 19.0 Å². The summed E-state index contributed by atoms with van der Waals surface area (Å²) in [5.41, 5.74) is 1.15. The minimum absolute atomic E-state index is 1.15. The van der Waals surface area contributed by atoms with Crippen LogP contribution in [0.4, 0.5) is 5.69 Å². The smallest absolute Gasteiger partial charge is 0.0888 e. The summed E-state index contributed by atoms with van der Waals surface area (Å²) in [7, 11) is 3.74. The molecule has 58 valence electrons. The van der Waals surface area contributed by atoms with Gasteiger partial charge in [-0.1, -0.05) is 18.2 Å². The number of rotatable bonds is 2. The van der Waals surface area contributed by atoms with Crippen molar-refractivity contribution in [3.63, 3.8) is 0 Å². The van der Waals surface area contributed by atoms with Crippen molar-refractivity contribution in [1.82, 2.24) is 0 Å². The van der Waals surface area contributed by atoms with E-state index in [1.807, 2.05) is 42.3 Å². The molecule has 0 saturated carbocycles. The SMILES string of the molecule is C/N=C\N(C)c1ccccc1. The highest BCUT2D eigenvalue weighted by atomic mass is 15.1. The van der Waals surface area contributed by atoms with Crippen molar-refractivity contribution in [2.45, 2.75) is 0 Å². The van der Waals surface area contributed by atoms with Gasteiger partial charge in [0.25, 0.3) is 0 Å². The number of hydrogen-bond acceptors (Lipinski definition) is 1. The lowest BCUT2D eigenvalue weighted by Crippen LogP contribution is -2.13. The fourth-order valence-corrected chi connectivity index (χ4v) is 0.903. The van der Waals surface area contributed by atoms with Gasteiger partial charge in [-0.2, -0.15) is 0 Å². The van der Waals surface area contributed by atoms with Gasteiger partial charge in [0, 0.05) is 19.8 Å². The first-order chi connectivity index (χ1) is 5.34. The number of hydrogen-bond donors (Lipinski definition) is 0. The minimum atomic E-state index is 1.15. The zero-order valence-corrected chi connectivity index (χ0v) is 6.86. The van der Waals surface area contributed by atoms with Crippen molar-refractivity contribution < 1.29 is 0 Å². The minimum Gasteiger partial charge on any atom is -0.336 e. The Bertz CT molecular complexity index is 229. The predicted molar refractivity (Wildman–Crippen MR) is 49.3 cm³/mol. The predicted octanol–water partition coefficient (Wildman–Crippen LogP) is 1.78. The summed E-state index contributed by atoms with van der Waals surface area (Å²) < 4.78 is 0. The molecule has 0 radical (unpaired) electrons. The molecule has 0 aliphatic rings. The highest BCUT2D eigenvalue weighted by Crippen LogP contribution is 2.08. The van der Waals surface area contributed by atoms with Gasteiger partial charge >= 0.3 is 0 Å². The molecular weight excluding hydrogens is 136 g/mol. The Morgan fingerprint density at radius 2 is 1.91 bits per heavy atom. The van der Waals surface area contributed by atoms with E-state index in [0.29, 0.717) is 0 Å². The summed E-state index contributed by atoms with van der Waals surface area (Å²) in [6.45, 7) is 0. The molecule has 1 aromatic rings. The third kappa shape index (κ3) is 2.08. The highest BCUT2D eigenvalue weighted by Gasteiger charge is 1.92. The van der Waals surface area contributed by atoms with Crippen LogP contribution >= 0.6 is 0 Å². The van der Waals surface area contributed by atoms with Crippen LogP contribution < -0.4 is 4.90 Å². The molecule has 0 unspecified atom stereocenters. The maximum Gasteiger partial charge on any atom is 0.0888 e. The van der Waals surface area contributed by atoms with Crippen LogP contribution in [-0.2, 0) is 0 Å². The molecule has 0 bridgehead atoms. The fraction of sp³-hybridized carbons (Fsp3) is 0.222. The Kier molecular flexibility index (Phi) is 2.66. The van der Waals surface area contributed by atoms with E-state index in [1.54, 1.807) is 13.4 Å². The van der Waals surface area contributed by atoms with Crippen LogP contribution in [0, 0.1) is 0 Å². The first kappa shape index (κ1) is 7.79. The van der Waals surface area contributed by atoms with E-state index in [0.717, 1.165) is 5.69 Å². The maximum atomic E-state index is 3.91. The molecule has 0 N–H and O–H groups in total. The van der Waals surface area contributed by atoms with E-state index in [4.69, 9.17) is 0 Å². The second kappa shape index (κ2) is 3.76. The average Bonchev–Trinajstić information content (AvgIpc) is 2.07. The van der Waals surface area contributed by atoms with Crippen molar-refractivity contribution in [2.24, 2.45) is 4.99 Å². The first-order valence-corrected chi connectivity index (χ1v) is 3.55. The van der Waals surface area contributed by atoms with Gasteiger partial charge in [-0.05, 0) is 12.1 Å². The Morgan fingerprint density at radius 3 is 2.45 bits per heavy atom. The van der Waals surface area contributed by atoms with E-state index < -0.39 is 0 Å². The van der Waals surface area contributed by atoms with E-state index >= 15 is 0 Å². The van der Waals surface area contributed by atoms with Gasteiger partial charge < -0.3 is 4.90 Å². The second-order valence-electron chi connectivity index (χ2n) is 2.32. The molecule has 0 aliphatic heterocycles. The molecule has 0 aromatic heterocycles. The highest BCUT2D eigenvalue weighted by molar-refractivity contribution is 5.77. The molecule has 0 fully saturated rings. The van der Waals surface area contributed by atoms with Gasteiger partial charge in [-0.3, -0.25) is 4.99 Å². The van der Waals surface area contributed by atoms with Gasteiger partial charge in [0.2, 0.25) is 0 Å². The molecule has 1 aromatic carbocycles. The second-order valence-corrected chi connectivity index (χ2v) is 2.32. The Hall–Kier alpha value is -1.31. The van der Waals surface area contributed by atoms with Gasteiger partial charge in [0.05, 0.1) is 6.34 Å². The van der Waals surface area contributed by atoms with Crippen LogP contribution in [0.5, 0.6) is 0 Å². The van der Waals surface area contributed by atoms with E-state index in [9.17, 15) is 0 Å². The molecule has 0 spiro atoms. The molecule has 1 rings (SSSR count). The molecule has 2 heteroatoms. The van der Waals surface area contributed by atoms with Gasteiger partial charge in [-0.15, -0.1) is 0 Å². The third-order valence-electron chi connectivity index (χ3n) is 1.45. The van der Waals surface area contributed by atoms with Crippen LogP contribution in [0.25, 0.3) is 0 Å². The molecule has 2 nitrogen and oxygen atoms in total. The Morgan fingerprint density at radius 1 is 1.27 bits per heavy atom. The lowest BCUT2D eigenvalue weighted by Gasteiger charge is -2.11. The zero-order chi connectivity index (χ0) is 8.10. The summed E-state index contributed by atoms with van der Waals surface area (Å²) in [5.74, 6) is 0. The van der Waals surface area contributed by atoms with Gasteiger partial charge in [-0.25, -0.2) is 0 Å². The summed E-state index contributed by atoms with van der Waals surface area (Å²) in [5, 5.41) is 0. The van der Waals surface area contributed by atoms with E-state index in [2.05, 4.69) is 4.99 Å². The van der Waals surface area contributed by atoms with Crippen LogP contribution in [0.2, 0.25) is 0 Å². The van der Waals surface area contributed by atoms with Crippen LogP contribution in [-0.4, -0.2) is 20.4 Å². The monoisotopic (exact) mass is 148 g/mol. The van der Waals surface area contributed by atoms with E-state index in [-0.39, 0.29) is 0 Å².